The first kappa shape index (κ1) is 25.7. The Hall–Kier alpha value is -2.42. The summed E-state index contributed by atoms with van der Waals surface area (Å²) < 4.78 is 27.9. The van der Waals surface area contributed by atoms with Crippen LogP contribution in [-0.2, 0) is 10.0 Å². The van der Waals surface area contributed by atoms with Crippen molar-refractivity contribution in [1.82, 2.24) is 14.7 Å². The number of fused-ring (bicyclic) bond motifs is 1. The topological polar surface area (TPSA) is 87.2 Å². The smallest absolute Gasteiger partial charge is 0.240 e. The van der Waals surface area contributed by atoms with Gasteiger partial charge in [-0.05, 0) is 81.7 Å². The van der Waals surface area contributed by atoms with E-state index in [9.17, 15) is 8.42 Å². The molecule has 188 valence electrons. The average Bonchev–Trinajstić information content (AvgIpc) is 2.87. The van der Waals surface area contributed by atoms with Crippen molar-refractivity contribution in [3.05, 3.63) is 53.6 Å². The van der Waals surface area contributed by atoms with E-state index in [-0.39, 0.29) is 4.90 Å². The maximum absolute atomic E-state index is 12.6. The van der Waals surface area contributed by atoms with E-state index in [1.807, 2.05) is 18.2 Å². The summed E-state index contributed by atoms with van der Waals surface area (Å²) in [6.07, 6.45) is 4.08. The number of anilines is 2. The minimum atomic E-state index is -3.54. The standard InChI is InChI=1S/C26H34ClN5O2S/c1-3-32(4-2)25-23-10-5-6-11-24(23)30-26(31-25)28-17-19-12-14-20(15-13-19)18-29-35(33,34)22-9-7-8-21(27)16-22/h5-11,16,19-20,29H,3-4,12-15,17-18H2,1-2H3,(H,28,30,31)/t19-,20-. The van der Waals surface area contributed by atoms with Gasteiger partial charge in [0.15, 0.2) is 0 Å². The second-order valence-corrected chi connectivity index (χ2v) is 11.3. The first-order valence-electron chi connectivity index (χ1n) is 12.4. The molecule has 0 amide bonds. The van der Waals surface area contributed by atoms with E-state index in [1.165, 1.54) is 6.07 Å². The molecule has 1 aliphatic rings. The lowest BCUT2D eigenvalue weighted by Crippen LogP contribution is -2.32. The van der Waals surface area contributed by atoms with E-state index in [4.69, 9.17) is 21.6 Å². The van der Waals surface area contributed by atoms with E-state index in [0.29, 0.717) is 29.4 Å². The number of nitrogens with zero attached hydrogens (tertiary/aromatic N) is 3. The van der Waals surface area contributed by atoms with Gasteiger partial charge in [0.05, 0.1) is 10.4 Å². The highest BCUT2D eigenvalue weighted by Crippen LogP contribution is 2.30. The molecule has 7 nitrogen and oxygen atoms in total. The van der Waals surface area contributed by atoms with Gasteiger partial charge in [0.2, 0.25) is 16.0 Å². The second-order valence-electron chi connectivity index (χ2n) is 9.14. The molecular formula is C26H34ClN5O2S. The quantitative estimate of drug-likeness (QED) is 0.379. The summed E-state index contributed by atoms with van der Waals surface area (Å²) in [5.74, 6) is 2.50. The van der Waals surface area contributed by atoms with Crippen LogP contribution in [0.25, 0.3) is 10.9 Å². The molecule has 1 saturated carbocycles. The van der Waals surface area contributed by atoms with Gasteiger partial charge in [-0.2, -0.15) is 4.98 Å². The Morgan fingerprint density at radius 3 is 2.31 bits per heavy atom. The number of rotatable bonds is 10. The summed E-state index contributed by atoms with van der Waals surface area (Å²) in [5, 5.41) is 4.96. The molecule has 3 aromatic rings. The van der Waals surface area contributed by atoms with Crippen LogP contribution < -0.4 is 14.9 Å². The van der Waals surface area contributed by atoms with Crippen LogP contribution >= 0.6 is 11.6 Å². The van der Waals surface area contributed by atoms with E-state index in [2.05, 4.69) is 34.9 Å². The summed E-state index contributed by atoms with van der Waals surface area (Å²) in [4.78, 5) is 12.1. The van der Waals surface area contributed by atoms with Crippen LogP contribution in [0.3, 0.4) is 0 Å². The van der Waals surface area contributed by atoms with Gasteiger partial charge in [-0.3, -0.25) is 0 Å². The fourth-order valence-electron chi connectivity index (χ4n) is 4.72. The monoisotopic (exact) mass is 515 g/mol. The molecule has 0 bridgehead atoms. The molecule has 1 fully saturated rings. The molecule has 0 radical (unpaired) electrons. The van der Waals surface area contributed by atoms with E-state index >= 15 is 0 Å². The lowest BCUT2D eigenvalue weighted by atomic mass is 9.82. The molecule has 0 aliphatic heterocycles. The molecule has 1 heterocycles. The third-order valence-electron chi connectivity index (χ3n) is 6.83. The zero-order valence-electron chi connectivity index (χ0n) is 20.4. The van der Waals surface area contributed by atoms with Crippen molar-refractivity contribution in [2.75, 3.05) is 36.4 Å². The molecule has 2 N–H and O–H groups in total. The second kappa shape index (κ2) is 11.5. The van der Waals surface area contributed by atoms with Gasteiger partial charge in [-0.25, -0.2) is 18.1 Å². The Labute approximate surface area is 213 Å². The van der Waals surface area contributed by atoms with Gasteiger partial charge < -0.3 is 10.2 Å². The fourth-order valence-corrected chi connectivity index (χ4v) is 6.14. The predicted octanol–water partition coefficient (Wildman–Crippen LogP) is 5.33. The number of para-hydroxylation sites is 1. The molecule has 0 unspecified atom stereocenters. The Balaban J connectivity index is 1.31. The van der Waals surface area contributed by atoms with Crippen molar-refractivity contribution in [2.45, 2.75) is 44.4 Å². The van der Waals surface area contributed by atoms with Crippen LogP contribution in [0.1, 0.15) is 39.5 Å². The van der Waals surface area contributed by atoms with Crippen molar-refractivity contribution >= 4 is 44.3 Å². The molecule has 35 heavy (non-hydrogen) atoms. The SMILES string of the molecule is CCN(CC)c1nc(NC[C@H]2CC[C@H](CNS(=O)(=O)c3cccc(Cl)c3)CC2)nc2ccccc12. The summed E-state index contributed by atoms with van der Waals surface area (Å²) in [7, 11) is -3.54. The van der Waals surface area contributed by atoms with Crippen LogP contribution in [0.5, 0.6) is 0 Å². The number of hydrogen-bond donors (Lipinski definition) is 2. The molecule has 1 aromatic heterocycles. The molecule has 0 spiro atoms. The van der Waals surface area contributed by atoms with Gasteiger partial charge in [-0.1, -0.05) is 29.8 Å². The molecule has 1 aliphatic carbocycles. The number of hydrogen-bond acceptors (Lipinski definition) is 6. The zero-order valence-corrected chi connectivity index (χ0v) is 21.9. The van der Waals surface area contributed by atoms with Crippen molar-refractivity contribution in [2.24, 2.45) is 11.8 Å². The van der Waals surface area contributed by atoms with Crippen molar-refractivity contribution < 1.29 is 8.42 Å². The lowest BCUT2D eigenvalue weighted by molar-refractivity contribution is 0.284. The van der Waals surface area contributed by atoms with Gasteiger partial charge in [0.25, 0.3) is 0 Å². The minimum Gasteiger partial charge on any atom is -0.356 e. The molecule has 0 saturated heterocycles. The Morgan fingerprint density at radius 1 is 0.943 bits per heavy atom. The highest BCUT2D eigenvalue weighted by atomic mass is 35.5. The highest BCUT2D eigenvalue weighted by Gasteiger charge is 2.24. The maximum atomic E-state index is 12.6. The Morgan fingerprint density at radius 2 is 1.63 bits per heavy atom. The van der Waals surface area contributed by atoms with Gasteiger partial charge >= 0.3 is 0 Å². The third kappa shape index (κ3) is 6.42. The number of benzene rings is 2. The van der Waals surface area contributed by atoms with E-state index < -0.39 is 10.0 Å². The van der Waals surface area contributed by atoms with Crippen molar-refractivity contribution in [1.29, 1.82) is 0 Å². The number of halogens is 1. The molecule has 0 atom stereocenters. The van der Waals surface area contributed by atoms with Crippen molar-refractivity contribution in [3.63, 3.8) is 0 Å². The fraction of sp³-hybridized carbons (Fsp3) is 0.462. The van der Waals surface area contributed by atoms with Crippen molar-refractivity contribution in [3.8, 4) is 0 Å². The van der Waals surface area contributed by atoms with Crippen LogP contribution in [0.15, 0.2) is 53.4 Å². The molecule has 9 heteroatoms. The number of nitrogens with one attached hydrogen (secondary N) is 2. The number of sulfonamides is 1. The van der Waals surface area contributed by atoms with Crippen LogP contribution in [0, 0.1) is 11.8 Å². The molecule has 2 aromatic carbocycles. The van der Waals surface area contributed by atoms with Crippen LogP contribution in [-0.4, -0.2) is 44.6 Å². The molecule has 4 rings (SSSR count). The minimum absolute atomic E-state index is 0.211. The largest absolute Gasteiger partial charge is 0.356 e. The normalized spacial score (nSPS) is 18.5. The summed E-state index contributed by atoms with van der Waals surface area (Å²) >= 11 is 5.95. The van der Waals surface area contributed by atoms with Crippen LogP contribution in [0.4, 0.5) is 11.8 Å². The summed E-state index contributed by atoms with van der Waals surface area (Å²) in [6, 6.07) is 14.5. The van der Waals surface area contributed by atoms with Crippen LogP contribution in [0.2, 0.25) is 5.02 Å². The first-order chi connectivity index (χ1) is 16.9. The lowest BCUT2D eigenvalue weighted by Gasteiger charge is -2.29. The first-order valence-corrected chi connectivity index (χ1v) is 14.3. The summed E-state index contributed by atoms with van der Waals surface area (Å²) in [6.45, 7) is 7.33. The average molecular weight is 516 g/mol. The van der Waals surface area contributed by atoms with Gasteiger partial charge in [0, 0.05) is 36.6 Å². The number of aromatic nitrogens is 2. The summed E-state index contributed by atoms with van der Waals surface area (Å²) in [5.41, 5.74) is 0.947. The predicted molar refractivity (Wildman–Crippen MR) is 144 cm³/mol. The van der Waals surface area contributed by atoms with E-state index in [0.717, 1.165) is 62.0 Å². The maximum Gasteiger partial charge on any atom is 0.240 e. The highest BCUT2D eigenvalue weighted by molar-refractivity contribution is 7.89. The Bertz CT molecular complexity index is 1240. The van der Waals surface area contributed by atoms with Gasteiger partial charge in [-0.15, -0.1) is 0 Å². The zero-order chi connectivity index (χ0) is 24.8. The molecular weight excluding hydrogens is 482 g/mol. The Kier molecular flexibility index (Phi) is 8.46. The third-order valence-corrected chi connectivity index (χ3v) is 8.49. The van der Waals surface area contributed by atoms with E-state index in [1.54, 1.807) is 18.2 Å². The van der Waals surface area contributed by atoms with Gasteiger partial charge in [0.1, 0.15) is 5.82 Å².